The minimum absolute atomic E-state index is 0.0880. The maximum absolute atomic E-state index is 13.2. The highest BCUT2D eigenvalue weighted by Gasteiger charge is 2.26. The Kier molecular flexibility index (Phi) is 4.70. The van der Waals surface area contributed by atoms with E-state index in [1.807, 2.05) is 4.90 Å². The Balaban J connectivity index is 1.66. The molecule has 8 heteroatoms. The van der Waals surface area contributed by atoms with Crippen molar-refractivity contribution in [2.75, 3.05) is 13.1 Å². The molecule has 2 unspecified atom stereocenters. The maximum Gasteiger partial charge on any atom is 0.267 e. The summed E-state index contributed by atoms with van der Waals surface area (Å²) in [5.41, 5.74) is 0.515. The average Bonchev–Trinajstić information content (AvgIpc) is 3.08. The normalized spacial score (nSPS) is 19.9. The molecular formula is C20H21FN4O3. The third-order valence-corrected chi connectivity index (χ3v) is 5.11. The quantitative estimate of drug-likeness (QED) is 0.694. The van der Waals surface area contributed by atoms with E-state index in [0.717, 1.165) is 6.42 Å². The van der Waals surface area contributed by atoms with Gasteiger partial charge in [0.2, 0.25) is 5.91 Å². The summed E-state index contributed by atoms with van der Waals surface area (Å²) < 4.78 is 19.6. The molecule has 2 aromatic heterocycles. The van der Waals surface area contributed by atoms with Gasteiger partial charge in [-0.15, -0.1) is 0 Å². The van der Waals surface area contributed by atoms with E-state index >= 15 is 0 Å². The van der Waals surface area contributed by atoms with Crippen molar-refractivity contribution in [3.05, 3.63) is 46.8 Å². The molecule has 0 N–H and O–H groups in total. The molecule has 0 radical (unpaired) electrons. The molecule has 146 valence electrons. The monoisotopic (exact) mass is 384 g/mol. The number of amides is 1. The molecule has 0 aliphatic carbocycles. The second kappa shape index (κ2) is 7.18. The lowest BCUT2D eigenvalue weighted by Gasteiger charge is -2.35. The van der Waals surface area contributed by atoms with Crippen LogP contribution in [0.1, 0.15) is 20.3 Å². The molecule has 7 nitrogen and oxygen atoms in total. The minimum Gasteiger partial charge on any atom is -0.341 e. The summed E-state index contributed by atoms with van der Waals surface area (Å²) in [6.45, 7) is 5.56. The predicted octanol–water partition coefficient (Wildman–Crippen LogP) is 2.70. The first-order valence-corrected chi connectivity index (χ1v) is 9.31. The third kappa shape index (κ3) is 3.42. The van der Waals surface area contributed by atoms with Crippen molar-refractivity contribution >= 4 is 17.0 Å². The number of hydrogen-bond donors (Lipinski definition) is 0. The van der Waals surface area contributed by atoms with Gasteiger partial charge in [0.15, 0.2) is 0 Å². The van der Waals surface area contributed by atoms with Crippen molar-refractivity contribution in [2.24, 2.45) is 11.8 Å². The van der Waals surface area contributed by atoms with Gasteiger partial charge in [-0.2, -0.15) is 0 Å². The summed E-state index contributed by atoms with van der Waals surface area (Å²) in [5.74, 6) is 0.380. The standard InChI is InChI=1S/C20H21FN4O3/c1-12-7-13(2)9-24(8-12)16(26)10-25-11-22-19-17(20(25)27)18(23-28-19)14-3-5-15(21)6-4-14/h3-6,11-13H,7-10H2,1-2H3. The highest BCUT2D eigenvalue weighted by molar-refractivity contribution is 5.88. The lowest BCUT2D eigenvalue weighted by atomic mass is 9.92. The van der Waals surface area contributed by atoms with Gasteiger partial charge in [0, 0.05) is 18.7 Å². The molecule has 0 bridgehead atoms. The Bertz CT molecular complexity index is 1060. The van der Waals surface area contributed by atoms with Gasteiger partial charge < -0.3 is 9.42 Å². The van der Waals surface area contributed by atoms with Crippen LogP contribution in [0.25, 0.3) is 22.4 Å². The number of likely N-dealkylation sites (tertiary alicyclic amines) is 1. The molecule has 2 atom stereocenters. The molecule has 4 rings (SSSR count). The Labute approximate surface area is 160 Å². The number of aromatic nitrogens is 3. The second-order valence-electron chi connectivity index (χ2n) is 7.64. The highest BCUT2D eigenvalue weighted by Crippen LogP contribution is 2.25. The van der Waals surface area contributed by atoms with Crippen LogP contribution in [0.4, 0.5) is 4.39 Å². The van der Waals surface area contributed by atoms with Crippen molar-refractivity contribution in [3.8, 4) is 11.3 Å². The summed E-state index contributed by atoms with van der Waals surface area (Å²) in [5, 5.41) is 4.10. The first kappa shape index (κ1) is 18.3. The zero-order valence-electron chi connectivity index (χ0n) is 15.8. The maximum atomic E-state index is 13.2. The molecule has 1 saturated heterocycles. The van der Waals surface area contributed by atoms with Gasteiger partial charge in [-0.05, 0) is 42.5 Å². The molecule has 3 heterocycles. The van der Waals surface area contributed by atoms with E-state index < -0.39 is 5.56 Å². The third-order valence-electron chi connectivity index (χ3n) is 5.11. The molecular weight excluding hydrogens is 363 g/mol. The lowest BCUT2D eigenvalue weighted by Crippen LogP contribution is -2.44. The molecule has 0 spiro atoms. The first-order chi connectivity index (χ1) is 13.4. The van der Waals surface area contributed by atoms with Crippen molar-refractivity contribution in [1.29, 1.82) is 0 Å². The Morgan fingerprint density at radius 3 is 2.57 bits per heavy atom. The van der Waals surface area contributed by atoms with Crippen LogP contribution in [0.15, 0.2) is 39.9 Å². The number of carbonyl (C=O) groups is 1. The van der Waals surface area contributed by atoms with Crippen molar-refractivity contribution in [2.45, 2.75) is 26.8 Å². The van der Waals surface area contributed by atoms with Crippen LogP contribution >= 0.6 is 0 Å². The summed E-state index contributed by atoms with van der Waals surface area (Å²) >= 11 is 0. The van der Waals surface area contributed by atoms with Crippen LogP contribution < -0.4 is 5.56 Å². The number of nitrogens with zero attached hydrogens (tertiary/aromatic N) is 4. The van der Waals surface area contributed by atoms with Gasteiger partial charge in [0.1, 0.15) is 29.8 Å². The zero-order valence-corrected chi connectivity index (χ0v) is 15.8. The van der Waals surface area contributed by atoms with Crippen LogP contribution in [0.5, 0.6) is 0 Å². The van der Waals surface area contributed by atoms with Gasteiger partial charge in [-0.1, -0.05) is 19.0 Å². The van der Waals surface area contributed by atoms with Crippen molar-refractivity contribution < 1.29 is 13.7 Å². The zero-order chi connectivity index (χ0) is 19.8. The molecule has 1 aliphatic heterocycles. The Hall–Kier alpha value is -3.03. The second-order valence-corrected chi connectivity index (χ2v) is 7.64. The first-order valence-electron chi connectivity index (χ1n) is 9.31. The molecule has 1 amide bonds. The van der Waals surface area contributed by atoms with E-state index in [4.69, 9.17) is 4.52 Å². The predicted molar refractivity (Wildman–Crippen MR) is 101 cm³/mol. The minimum atomic E-state index is -0.406. The summed E-state index contributed by atoms with van der Waals surface area (Å²) in [4.78, 5) is 31.6. The summed E-state index contributed by atoms with van der Waals surface area (Å²) in [7, 11) is 0. The lowest BCUT2D eigenvalue weighted by molar-refractivity contribution is -0.134. The van der Waals surface area contributed by atoms with E-state index in [0.29, 0.717) is 30.5 Å². The smallest absolute Gasteiger partial charge is 0.267 e. The fourth-order valence-electron chi connectivity index (χ4n) is 3.91. The van der Waals surface area contributed by atoms with Crippen molar-refractivity contribution in [1.82, 2.24) is 19.6 Å². The number of piperidine rings is 1. The van der Waals surface area contributed by atoms with E-state index in [1.165, 1.54) is 35.2 Å². The number of halogens is 1. The van der Waals surface area contributed by atoms with Crippen LogP contribution in [-0.4, -0.2) is 38.6 Å². The number of hydrogen-bond acceptors (Lipinski definition) is 5. The Morgan fingerprint density at radius 1 is 1.21 bits per heavy atom. The molecule has 1 aromatic carbocycles. The van der Waals surface area contributed by atoms with Gasteiger partial charge in [0.25, 0.3) is 11.3 Å². The van der Waals surface area contributed by atoms with Crippen LogP contribution in [-0.2, 0) is 11.3 Å². The fraction of sp³-hybridized carbons (Fsp3) is 0.400. The molecule has 0 saturated carbocycles. The topological polar surface area (TPSA) is 81.2 Å². The van der Waals surface area contributed by atoms with E-state index in [1.54, 1.807) is 0 Å². The Morgan fingerprint density at radius 2 is 1.89 bits per heavy atom. The highest BCUT2D eigenvalue weighted by atomic mass is 19.1. The van der Waals surface area contributed by atoms with Crippen molar-refractivity contribution in [3.63, 3.8) is 0 Å². The van der Waals surface area contributed by atoms with E-state index in [-0.39, 0.29) is 35.1 Å². The van der Waals surface area contributed by atoms with Gasteiger partial charge >= 0.3 is 0 Å². The molecule has 1 aliphatic rings. The summed E-state index contributed by atoms with van der Waals surface area (Å²) in [6, 6.07) is 5.61. The largest absolute Gasteiger partial charge is 0.341 e. The van der Waals surface area contributed by atoms with Crippen LogP contribution in [0.3, 0.4) is 0 Å². The number of rotatable bonds is 3. The van der Waals surface area contributed by atoms with Crippen LogP contribution in [0, 0.1) is 17.7 Å². The molecule has 3 aromatic rings. The SMILES string of the molecule is CC1CC(C)CN(C(=O)Cn2cnc3onc(-c4ccc(F)cc4)c3c2=O)C1. The van der Waals surface area contributed by atoms with Crippen LogP contribution in [0.2, 0.25) is 0 Å². The fourth-order valence-corrected chi connectivity index (χ4v) is 3.91. The number of benzene rings is 1. The molecule has 28 heavy (non-hydrogen) atoms. The molecule has 1 fully saturated rings. The van der Waals surface area contributed by atoms with Gasteiger partial charge in [0.05, 0.1) is 0 Å². The van der Waals surface area contributed by atoms with E-state index in [2.05, 4.69) is 24.0 Å². The summed E-state index contributed by atoms with van der Waals surface area (Å²) in [6.07, 6.45) is 2.40. The number of fused-ring (bicyclic) bond motifs is 1. The van der Waals surface area contributed by atoms with Gasteiger partial charge in [-0.3, -0.25) is 14.2 Å². The average molecular weight is 384 g/mol. The van der Waals surface area contributed by atoms with E-state index in [9.17, 15) is 14.0 Å². The van der Waals surface area contributed by atoms with Gasteiger partial charge in [-0.25, -0.2) is 9.37 Å². The number of carbonyl (C=O) groups excluding carboxylic acids is 1.